The molecule has 2 amide bonds. The predicted molar refractivity (Wildman–Crippen MR) is 115 cm³/mol. The summed E-state index contributed by atoms with van der Waals surface area (Å²) in [5.74, 6) is -2.58. The standard InChI is InChI=1S/C24H32N2O6/c1-4-31-22(30)18-17-21(29)26(11-8-12-27)19(24(17)13-15(2)23(18,3)32-24)20(28)25-14-16-9-6-5-7-10-16/h5-7,9-10,15,17-19,27H,4,8,11-14H2,1-3H3,(H,25,28)/t15?,17-,18+,19?,23-,24?/m0/s1. The number of carbonyl (C=O) groups excluding carboxylic acids is 3. The largest absolute Gasteiger partial charge is 0.466 e. The Labute approximate surface area is 188 Å². The lowest BCUT2D eigenvalue weighted by molar-refractivity contribution is -0.161. The van der Waals surface area contributed by atoms with Crippen LogP contribution in [0.5, 0.6) is 0 Å². The van der Waals surface area contributed by atoms with E-state index in [2.05, 4.69) is 5.32 Å². The van der Waals surface area contributed by atoms with Gasteiger partial charge in [-0.3, -0.25) is 14.4 Å². The summed E-state index contributed by atoms with van der Waals surface area (Å²) in [6, 6.07) is 8.68. The second kappa shape index (κ2) is 8.48. The summed E-state index contributed by atoms with van der Waals surface area (Å²) in [7, 11) is 0. The van der Waals surface area contributed by atoms with E-state index in [0.29, 0.717) is 19.4 Å². The molecule has 3 heterocycles. The van der Waals surface area contributed by atoms with Crippen LogP contribution in [0, 0.1) is 17.8 Å². The highest BCUT2D eigenvalue weighted by atomic mass is 16.6. The molecule has 3 unspecified atom stereocenters. The number of fused-ring (bicyclic) bond motifs is 1. The molecule has 8 nitrogen and oxygen atoms in total. The molecule has 0 saturated carbocycles. The molecular formula is C24H32N2O6. The Morgan fingerprint density at radius 1 is 1.31 bits per heavy atom. The molecule has 2 N–H and O–H groups in total. The number of hydrogen-bond donors (Lipinski definition) is 2. The zero-order valence-electron chi connectivity index (χ0n) is 18.9. The Morgan fingerprint density at radius 2 is 2.03 bits per heavy atom. The van der Waals surface area contributed by atoms with E-state index in [1.165, 1.54) is 4.90 Å². The number of aliphatic hydroxyl groups excluding tert-OH is 1. The first-order chi connectivity index (χ1) is 15.3. The molecule has 1 aromatic carbocycles. The summed E-state index contributed by atoms with van der Waals surface area (Å²) in [5.41, 5.74) is -1.01. The highest BCUT2D eigenvalue weighted by Gasteiger charge is 2.80. The number of likely N-dealkylation sites (tertiary alicyclic amines) is 1. The molecule has 3 aliphatic rings. The molecule has 1 aromatic rings. The first-order valence-corrected chi connectivity index (χ1v) is 11.4. The van der Waals surface area contributed by atoms with Gasteiger partial charge in [0.1, 0.15) is 17.6 Å². The Morgan fingerprint density at radius 3 is 2.69 bits per heavy atom. The minimum Gasteiger partial charge on any atom is -0.466 e. The maximum Gasteiger partial charge on any atom is 0.312 e. The van der Waals surface area contributed by atoms with Crippen LogP contribution in [-0.2, 0) is 30.4 Å². The predicted octanol–water partition coefficient (Wildman–Crippen LogP) is 1.26. The van der Waals surface area contributed by atoms with Crippen molar-refractivity contribution in [3.63, 3.8) is 0 Å². The van der Waals surface area contributed by atoms with E-state index in [1.807, 2.05) is 44.2 Å². The third-order valence-corrected chi connectivity index (χ3v) is 7.47. The van der Waals surface area contributed by atoms with Crippen molar-refractivity contribution in [3.8, 4) is 0 Å². The van der Waals surface area contributed by atoms with Gasteiger partial charge in [0, 0.05) is 19.7 Å². The number of esters is 1. The van der Waals surface area contributed by atoms with Gasteiger partial charge in [-0.1, -0.05) is 37.3 Å². The Balaban J connectivity index is 1.68. The summed E-state index contributed by atoms with van der Waals surface area (Å²) in [4.78, 5) is 41.6. The Bertz CT molecular complexity index is 892. The normalized spacial score (nSPS) is 35.1. The van der Waals surface area contributed by atoms with Crippen LogP contribution in [0.4, 0.5) is 0 Å². The van der Waals surface area contributed by atoms with Crippen molar-refractivity contribution >= 4 is 17.8 Å². The Kier molecular flexibility index (Phi) is 6.02. The molecular weight excluding hydrogens is 412 g/mol. The highest BCUT2D eigenvalue weighted by Crippen LogP contribution is 2.65. The van der Waals surface area contributed by atoms with Crippen molar-refractivity contribution in [3.05, 3.63) is 35.9 Å². The van der Waals surface area contributed by atoms with Gasteiger partial charge in [0.05, 0.1) is 18.1 Å². The SMILES string of the molecule is CCOC(=O)[C@H]1[C@H]2C(=O)N(CCCO)C(C(=O)NCc3ccccc3)C23CC(C)[C@]1(C)O3. The zero-order chi connectivity index (χ0) is 23.1. The summed E-state index contributed by atoms with van der Waals surface area (Å²) in [6.07, 6.45) is 0.850. The van der Waals surface area contributed by atoms with Crippen molar-refractivity contribution < 1.29 is 29.0 Å². The lowest BCUT2D eigenvalue weighted by atomic mass is 9.62. The minimum absolute atomic E-state index is 0.0248. The summed E-state index contributed by atoms with van der Waals surface area (Å²) in [5, 5.41) is 12.3. The molecule has 3 aliphatic heterocycles. The van der Waals surface area contributed by atoms with Crippen LogP contribution in [0.2, 0.25) is 0 Å². The molecule has 174 valence electrons. The fourth-order valence-corrected chi connectivity index (χ4v) is 5.99. The van der Waals surface area contributed by atoms with Crippen LogP contribution in [0.1, 0.15) is 39.2 Å². The van der Waals surface area contributed by atoms with Gasteiger partial charge in [-0.05, 0) is 38.2 Å². The number of ether oxygens (including phenoxy) is 2. The highest BCUT2D eigenvalue weighted by molar-refractivity contribution is 5.98. The molecule has 6 atom stereocenters. The summed E-state index contributed by atoms with van der Waals surface area (Å²) >= 11 is 0. The zero-order valence-corrected chi connectivity index (χ0v) is 18.9. The van der Waals surface area contributed by atoms with Crippen LogP contribution >= 0.6 is 0 Å². The summed E-state index contributed by atoms with van der Waals surface area (Å²) < 4.78 is 11.9. The topological polar surface area (TPSA) is 105 Å². The van der Waals surface area contributed by atoms with E-state index in [0.717, 1.165) is 5.56 Å². The Hall–Kier alpha value is -2.45. The van der Waals surface area contributed by atoms with E-state index >= 15 is 0 Å². The van der Waals surface area contributed by atoms with E-state index in [4.69, 9.17) is 9.47 Å². The molecule has 8 heteroatoms. The maximum absolute atomic E-state index is 13.6. The van der Waals surface area contributed by atoms with Crippen LogP contribution in [-0.4, -0.2) is 64.8 Å². The molecule has 1 spiro atoms. The van der Waals surface area contributed by atoms with Gasteiger partial charge >= 0.3 is 5.97 Å². The number of aliphatic hydroxyl groups is 1. The molecule has 3 fully saturated rings. The lowest BCUT2D eigenvalue weighted by Gasteiger charge is -2.35. The van der Waals surface area contributed by atoms with E-state index in [-0.39, 0.29) is 37.5 Å². The van der Waals surface area contributed by atoms with E-state index in [1.54, 1.807) is 6.92 Å². The molecule has 32 heavy (non-hydrogen) atoms. The second-order valence-corrected chi connectivity index (χ2v) is 9.27. The van der Waals surface area contributed by atoms with Gasteiger partial charge in [0.2, 0.25) is 11.8 Å². The van der Waals surface area contributed by atoms with Gasteiger partial charge < -0.3 is 24.8 Å². The number of nitrogens with one attached hydrogen (secondary N) is 1. The smallest absolute Gasteiger partial charge is 0.312 e. The average Bonchev–Trinajstić information content (AvgIpc) is 3.28. The average molecular weight is 445 g/mol. The van der Waals surface area contributed by atoms with Gasteiger partial charge in [0.15, 0.2) is 0 Å². The van der Waals surface area contributed by atoms with Crippen LogP contribution in [0.15, 0.2) is 30.3 Å². The minimum atomic E-state index is -1.08. The molecule has 4 rings (SSSR count). The monoisotopic (exact) mass is 444 g/mol. The van der Waals surface area contributed by atoms with Gasteiger partial charge in [-0.25, -0.2) is 0 Å². The van der Waals surface area contributed by atoms with E-state index < -0.39 is 35.0 Å². The van der Waals surface area contributed by atoms with Crippen molar-refractivity contribution in [1.29, 1.82) is 0 Å². The molecule has 0 aliphatic carbocycles. The van der Waals surface area contributed by atoms with Crippen molar-refractivity contribution in [2.75, 3.05) is 19.8 Å². The quantitative estimate of drug-likeness (QED) is 0.585. The first kappa shape index (κ1) is 22.7. The van der Waals surface area contributed by atoms with Gasteiger partial charge in [-0.2, -0.15) is 0 Å². The number of rotatable bonds is 8. The summed E-state index contributed by atoms with van der Waals surface area (Å²) in [6.45, 7) is 6.25. The maximum atomic E-state index is 13.6. The number of benzene rings is 1. The van der Waals surface area contributed by atoms with E-state index in [9.17, 15) is 19.5 Å². The van der Waals surface area contributed by atoms with Crippen LogP contribution in [0.25, 0.3) is 0 Å². The fourth-order valence-electron chi connectivity index (χ4n) is 5.99. The second-order valence-electron chi connectivity index (χ2n) is 9.27. The molecule has 0 aromatic heterocycles. The lowest BCUT2D eigenvalue weighted by Crippen LogP contribution is -2.55. The van der Waals surface area contributed by atoms with Crippen molar-refractivity contribution in [2.45, 2.75) is 57.4 Å². The fraction of sp³-hybridized carbons (Fsp3) is 0.625. The van der Waals surface area contributed by atoms with Crippen molar-refractivity contribution in [2.24, 2.45) is 17.8 Å². The number of nitrogens with zero attached hydrogens (tertiary/aromatic N) is 1. The third kappa shape index (κ3) is 3.31. The van der Waals surface area contributed by atoms with Crippen LogP contribution < -0.4 is 5.32 Å². The molecule has 3 saturated heterocycles. The number of carbonyl (C=O) groups is 3. The first-order valence-electron chi connectivity index (χ1n) is 11.4. The van der Waals surface area contributed by atoms with Gasteiger partial charge in [-0.15, -0.1) is 0 Å². The molecule has 0 radical (unpaired) electrons. The number of amides is 2. The van der Waals surface area contributed by atoms with Gasteiger partial charge in [0.25, 0.3) is 0 Å². The number of hydrogen-bond acceptors (Lipinski definition) is 6. The van der Waals surface area contributed by atoms with Crippen LogP contribution in [0.3, 0.4) is 0 Å². The molecule has 2 bridgehead atoms. The van der Waals surface area contributed by atoms with Crippen molar-refractivity contribution in [1.82, 2.24) is 10.2 Å². The third-order valence-electron chi connectivity index (χ3n) is 7.47.